The van der Waals surface area contributed by atoms with E-state index in [0.29, 0.717) is 16.0 Å². The Labute approximate surface area is 95.0 Å². The third kappa shape index (κ3) is 2.81. The summed E-state index contributed by atoms with van der Waals surface area (Å²) in [6.45, 7) is 1.90. The van der Waals surface area contributed by atoms with Gasteiger partial charge in [0.1, 0.15) is 5.76 Å². The normalized spacial score (nSPS) is 9.86. The third-order valence-electron chi connectivity index (χ3n) is 1.56. The summed E-state index contributed by atoms with van der Waals surface area (Å²) in [4.78, 5) is 11.7. The highest BCUT2D eigenvalue weighted by atomic mass is 79.9. The summed E-state index contributed by atoms with van der Waals surface area (Å²) in [6, 6.07) is 1.60. The number of nitrogens with two attached hydrogens (primary N) is 1. The lowest BCUT2D eigenvalue weighted by Gasteiger charge is -2.01. The molecule has 76 valence electrons. The van der Waals surface area contributed by atoms with Crippen molar-refractivity contribution < 1.29 is 9.21 Å². The number of carbonyl (C=O) groups excluding carboxylic acids is 1. The predicted octanol–water partition coefficient (Wildman–Crippen LogP) is 1.37. The number of rotatable bonds is 3. The molecule has 0 saturated heterocycles. The first-order chi connectivity index (χ1) is 6.50. The molecule has 0 radical (unpaired) electrons. The van der Waals surface area contributed by atoms with Gasteiger partial charge in [-0.05, 0) is 22.9 Å². The molecule has 1 aromatic heterocycles. The largest absolute Gasteiger partial charge is 0.454 e. The highest BCUT2D eigenvalue weighted by Crippen LogP contribution is 2.19. The number of furan rings is 1. The van der Waals surface area contributed by atoms with Crippen LogP contribution in [0.3, 0.4) is 0 Å². The van der Waals surface area contributed by atoms with Crippen molar-refractivity contribution in [2.45, 2.75) is 6.92 Å². The van der Waals surface area contributed by atoms with E-state index in [0.717, 1.165) is 0 Å². The first kappa shape index (κ1) is 11.2. The number of halogens is 1. The maximum atomic E-state index is 11.5. The zero-order valence-corrected chi connectivity index (χ0v) is 9.87. The number of hydrogen-bond donors (Lipinski definition) is 2. The molecule has 0 spiro atoms. The van der Waals surface area contributed by atoms with Gasteiger partial charge in [0.05, 0.1) is 17.1 Å². The first-order valence-corrected chi connectivity index (χ1v) is 5.03. The molecule has 0 fully saturated rings. The van der Waals surface area contributed by atoms with E-state index in [1.807, 2.05) is 0 Å². The maximum Gasteiger partial charge on any atom is 0.255 e. The maximum absolute atomic E-state index is 11.5. The molecule has 0 bridgehead atoms. The smallest absolute Gasteiger partial charge is 0.255 e. The van der Waals surface area contributed by atoms with Crippen LogP contribution in [0.25, 0.3) is 0 Å². The molecule has 3 N–H and O–H groups in total. The van der Waals surface area contributed by atoms with Gasteiger partial charge in [-0.25, -0.2) is 0 Å². The van der Waals surface area contributed by atoms with Crippen LogP contribution in [0.4, 0.5) is 0 Å². The molecule has 1 heterocycles. The molecule has 0 aromatic carbocycles. The van der Waals surface area contributed by atoms with E-state index >= 15 is 0 Å². The van der Waals surface area contributed by atoms with Gasteiger partial charge in [-0.1, -0.05) is 12.2 Å². The lowest BCUT2D eigenvalue weighted by molar-refractivity contribution is 0.0958. The van der Waals surface area contributed by atoms with Crippen molar-refractivity contribution in [1.29, 1.82) is 0 Å². The molecule has 0 atom stereocenters. The fourth-order valence-corrected chi connectivity index (χ4v) is 1.48. The monoisotopic (exact) mass is 276 g/mol. The van der Waals surface area contributed by atoms with Gasteiger partial charge in [-0.2, -0.15) is 0 Å². The van der Waals surface area contributed by atoms with Crippen LogP contribution < -0.4 is 11.1 Å². The number of aryl methyl sites for hydroxylation is 1. The van der Waals surface area contributed by atoms with Crippen LogP contribution in [0.1, 0.15) is 16.1 Å². The van der Waals surface area contributed by atoms with Gasteiger partial charge in [0.25, 0.3) is 5.91 Å². The average molecular weight is 277 g/mol. The zero-order valence-electron chi connectivity index (χ0n) is 7.46. The molecule has 1 rings (SSSR count). The summed E-state index contributed by atoms with van der Waals surface area (Å²) in [7, 11) is 0. The van der Waals surface area contributed by atoms with Gasteiger partial charge in [-0.15, -0.1) is 0 Å². The highest BCUT2D eigenvalue weighted by molar-refractivity contribution is 9.10. The minimum Gasteiger partial charge on any atom is -0.454 e. The molecule has 4 nitrogen and oxygen atoms in total. The SMILES string of the molecule is Cc1oc(Br)cc1C(=O)NCC(N)=S. The number of nitrogens with one attached hydrogen (secondary N) is 1. The summed E-state index contributed by atoms with van der Waals surface area (Å²) < 4.78 is 5.66. The van der Waals surface area contributed by atoms with Crippen LogP contribution in [-0.2, 0) is 0 Å². The van der Waals surface area contributed by atoms with Gasteiger partial charge in [0, 0.05) is 6.07 Å². The van der Waals surface area contributed by atoms with E-state index in [1.165, 1.54) is 0 Å². The Morgan fingerprint density at radius 2 is 2.43 bits per heavy atom. The topological polar surface area (TPSA) is 68.3 Å². The standard InChI is InChI=1S/C8H9BrN2O2S/c1-4-5(2-6(9)13-4)8(12)11-3-7(10)14/h2H,3H2,1H3,(H2,10,14)(H,11,12). The van der Waals surface area contributed by atoms with E-state index in [2.05, 4.69) is 33.5 Å². The van der Waals surface area contributed by atoms with Crippen molar-refractivity contribution in [2.75, 3.05) is 6.54 Å². The molecule has 6 heteroatoms. The Kier molecular flexibility index (Phi) is 3.65. The van der Waals surface area contributed by atoms with E-state index < -0.39 is 0 Å². The quantitative estimate of drug-likeness (QED) is 0.819. The zero-order chi connectivity index (χ0) is 10.7. The van der Waals surface area contributed by atoms with E-state index in [9.17, 15) is 4.79 Å². The minimum atomic E-state index is -0.246. The first-order valence-electron chi connectivity index (χ1n) is 3.83. The van der Waals surface area contributed by atoms with Gasteiger partial charge in [0.2, 0.25) is 0 Å². The molecule has 0 aliphatic carbocycles. The van der Waals surface area contributed by atoms with Crippen molar-refractivity contribution in [2.24, 2.45) is 5.73 Å². The summed E-state index contributed by atoms with van der Waals surface area (Å²) >= 11 is 7.77. The lowest BCUT2D eigenvalue weighted by atomic mass is 10.2. The van der Waals surface area contributed by atoms with Crippen molar-refractivity contribution in [3.05, 3.63) is 22.1 Å². The number of amides is 1. The van der Waals surface area contributed by atoms with Crippen molar-refractivity contribution >= 4 is 39.0 Å². The second-order valence-corrected chi connectivity index (χ2v) is 3.98. The average Bonchev–Trinajstić information content (AvgIpc) is 2.41. The second-order valence-electron chi connectivity index (χ2n) is 2.67. The van der Waals surface area contributed by atoms with E-state index in [1.54, 1.807) is 13.0 Å². The molecule has 0 unspecified atom stereocenters. The van der Waals surface area contributed by atoms with Crippen LogP contribution in [-0.4, -0.2) is 17.4 Å². The van der Waals surface area contributed by atoms with Crippen LogP contribution in [0.5, 0.6) is 0 Å². The van der Waals surface area contributed by atoms with Crippen LogP contribution in [0, 0.1) is 6.92 Å². The van der Waals surface area contributed by atoms with Crippen molar-refractivity contribution in [3.63, 3.8) is 0 Å². The Hall–Kier alpha value is -0.880. The van der Waals surface area contributed by atoms with Gasteiger partial charge >= 0.3 is 0 Å². The Morgan fingerprint density at radius 1 is 1.79 bits per heavy atom. The lowest BCUT2D eigenvalue weighted by Crippen LogP contribution is -2.32. The fraction of sp³-hybridized carbons (Fsp3) is 0.250. The summed E-state index contributed by atoms with van der Waals surface area (Å²) in [5.41, 5.74) is 5.73. The van der Waals surface area contributed by atoms with Crippen LogP contribution >= 0.6 is 28.1 Å². The van der Waals surface area contributed by atoms with Gasteiger partial charge in [0.15, 0.2) is 4.67 Å². The third-order valence-corrected chi connectivity index (χ3v) is 2.09. The summed E-state index contributed by atoms with van der Waals surface area (Å²) in [6.07, 6.45) is 0. The number of hydrogen-bond acceptors (Lipinski definition) is 3. The Balaban J connectivity index is 2.69. The molecule has 14 heavy (non-hydrogen) atoms. The Morgan fingerprint density at radius 3 is 2.86 bits per heavy atom. The van der Waals surface area contributed by atoms with Crippen LogP contribution in [0.2, 0.25) is 0 Å². The van der Waals surface area contributed by atoms with Gasteiger partial charge in [-0.3, -0.25) is 4.79 Å². The van der Waals surface area contributed by atoms with Crippen molar-refractivity contribution in [3.8, 4) is 0 Å². The summed E-state index contributed by atoms with van der Waals surface area (Å²) in [5.74, 6) is 0.307. The van der Waals surface area contributed by atoms with Gasteiger partial charge < -0.3 is 15.5 Å². The minimum absolute atomic E-state index is 0.191. The van der Waals surface area contributed by atoms with Crippen LogP contribution in [0.15, 0.2) is 15.2 Å². The molecule has 1 aromatic rings. The number of thiocarbonyl (C=S) groups is 1. The summed E-state index contributed by atoms with van der Waals surface area (Å²) in [5, 5.41) is 2.57. The Bertz CT molecular complexity index is 375. The molecule has 0 aliphatic rings. The highest BCUT2D eigenvalue weighted by Gasteiger charge is 2.13. The molecule has 0 saturated carbocycles. The second kappa shape index (κ2) is 4.56. The molecular weight excluding hydrogens is 268 g/mol. The predicted molar refractivity (Wildman–Crippen MR) is 60.3 cm³/mol. The van der Waals surface area contributed by atoms with Crippen molar-refractivity contribution in [1.82, 2.24) is 5.32 Å². The number of carbonyl (C=O) groups is 1. The fourth-order valence-electron chi connectivity index (χ4n) is 0.934. The molecular formula is C8H9BrN2O2S. The molecule has 0 aliphatic heterocycles. The molecule has 1 amide bonds. The van der Waals surface area contributed by atoms with E-state index in [4.69, 9.17) is 10.2 Å². The van der Waals surface area contributed by atoms with E-state index in [-0.39, 0.29) is 17.4 Å².